The monoisotopic (exact) mass is 563 g/mol. The van der Waals surface area contributed by atoms with Crippen molar-refractivity contribution in [1.82, 2.24) is 20.2 Å². The maximum atomic E-state index is 15.1. The molecule has 3 aliphatic rings. The van der Waals surface area contributed by atoms with Gasteiger partial charge < -0.3 is 25.3 Å². The van der Waals surface area contributed by atoms with Crippen molar-refractivity contribution in [2.45, 2.75) is 63.5 Å². The van der Waals surface area contributed by atoms with E-state index in [0.717, 1.165) is 50.2 Å². The maximum absolute atomic E-state index is 15.1. The van der Waals surface area contributed by atoms with Crippen molar-refractivity contribution in [3.8, 4) is 0 Å². The number of alkyl halides is 2. The number of nitrogens with zero attached hydrogens (tertiary/aromatic N) is 5. The molecule has 9 nitrogen and oxygen atoms in total. The number of carbonyl (C=O) groups is 2. The van der Waals surface area contributed by atoms with Crippen molar-refractivity contribution in [3.05, 3.63) is 35.5 Å². The van der Waals surface area contributed by atoms with Gasteiger partial charge >= 0.3 is 5.92 Å². The second kappa shape index (κ2) is 11.2. The molecule has 13 heteroatoms. The van der Waals surface area contributed by atoms with Crippen LogP contribution in [0.2, 0.25) is 0 Å². The van der Waals surface area contributed by atoms with E-state index in [1.165, 1.54) is 30.3 Å². The summed E-state index contributed by atoms with van der Waals surface area (Å²) in [5.41, 5.74) is -0.636. The molecule has 0 unspecified atom stereocenters. The largest absolute Gasteiger partial charge is 0.349 e. The van der Waals surface area contributed by atoms with Crippen LogP contribution in [0.3, 0.4) is 0 Å². The Kier molecular flexibility index (Phi) is 7.85. The average Bonchev–Trinajstić information content (AvgIpc) is 3.46. The third kappa shape index (κ3) is 5.43. The van der Waals surface area contributed by atoms with Crippen molar-refractivity contribution < 1.29 is 27.2 Å². The third-order valence-electron chi connectivity index (χ3n) is 8.08. The number of aromatic nitrogens is 2. The first-order valence-corrected chi connectivity index (χ1v) is 13.7. The molecule has 5 rings (SSSR count). The third-order valence-corrected chi connectivity index (χ3v) is 8.08. The van der Waals surface area contributed by atoms with E-state index in [-0.39, 0.29) is 35.2 Å². The minimum atomic E-state index is -3.63. The first-order valence-electron chi connectivity index (χ1n) is 13.7. The smallest absolute Gasteiger partial charge is 0.342 e. The van der Waals surface area contributed by atoms with E-state index in [4.69, 9.17) is 0 Å². The van der Waals surface area contributed by atoms with Gasteiger partial charge in [-0.2, -0.15) is 13.8 Å². The molecule has 40 heavy (non-hydrogen) atoms. The summed E-state index contributed by atoms with van der Waals surface area (Å²) in [4.78, 5) is 38.1. The predicted molar refractivity (Wildman–Crippen MR) is 142 cm³/mol. The molecule has 216 valence electrons. The molecular formula is C27H33F4N7O2. The van der Waals surface area contributed by atoms with E-state index in [0.29, 0.717) is 12.8 Å². The Hall–Kier alpha value is -3.48. The van der Waals surface area contributed by atoms with Crippen LogP contribution in [0, 0.1) is 11.6 Å². The van der Waals surface area contributed by atoms with E-state index in [2.05, 4.69) is 32.4 Å². The van der Waals surface area contributed by atoms with Crippen molar-refractivity contribution in [3.63, 3.8) is 0 Å². The van der Waals surface area contributed by atoms with Crippen molar-refractivity contribution in [2.24, 2.45) is 0 Å². The van der Waals surface area contributed by atoms with Crippen LogP contribution in [0.5, 0.6) is 0 Å². The van der Waals surface area contributed by atoms with Gasteiger partial charge in [0, 0.05) is 32.2 Å². The van der Waals surface area contributed by atoms with E-state index in [9.17, 15) is 22.8 Å². The number of hydrogen-bond donors (Lipinski definition) is 2. The van der Waals surface area contributed by atoms with Crippen LogP contribution in [-0.4, -0.2) is 77.9 Å². The molecule has 2 amide bonds. The van der Waals surface area contributed by atoms with Crippen molar-refractivity contribution in [1.29, 1.82) is 0 Å². The number of halogens is 4. The van der Waals surface area contributed by atoms with E-state index >= 15 is 4.39 Å². The molecule has 0 bridgehead atoms. The van der Waals surface area contributed by atoms with Gasteiger partial charge in [-0.15, -0.1) is 0 Å². The van der Waals surface area contributed by atoms with Crippen LogP contribution in [-0.2, 0) is 4.79 Å². The Bertz CT molecular complexity index is 1280. The van der Waals surface area contributed by atoms with Crippen LogP contribution in [0.25, 0.3) is 0 Å². The molecule has 2 aliphatic heterocycles. The Morgan fingerprint density at radius 2 is 1.80 bits per heavy atom. The molecule has 2 N–H and O–H groups in total. The normalized spacial score (nSPS) is 20.4. The van der Waals surface area contributed by atoms with Gasteiger partial charge in [-0.25, -0.2) is 13.8 Å². The predicted octanol–water partition coefficient (Wildman–Crippen LogP) is 4.07. The van der Waals surface area contributed by atoms with Gasteiger partial charge in [-0.1, -0.05) is 19.8 Å². The SMILES string of the molecule is CCN1CCC(NC(=O)c2ccc(Nc3ncc4c(n3)N(C3CCCC3)CC(F)(F)C(=O)N4C)c(F)c2F)CC1. The van der Waals surface area contributed by atoms with E-state index in [1.54, 1.807) is 0 Å². The highest BCUT2D eigenvalue weighted by Gasteiger charge is 2.48. The first-order chi connectivity index (χ1) is 19.1. The Morgan fingerprint density at radius 1 is 1.10 bits per heavy atom. The zero-order chi connectivity index (χ0) is 28.6. The number of benzene rings is 1. The molecule has 1 aromatic carbocycles. The summed E-state index contributed by atoms with van der Waals surface area (Å²) in [7, 11) is 1.23. The highest BCUT2D eigenvalue weighted by molar-refractivity contribution is 6.02. The van der Waals surface area contributed by atoms with Crippen LogP contribution in [0.4, 0.5) is 40.7 Å². The van der Waals surface area contributed by atoms with Crippen molar-refractivity contribution in [2.75, 3.05) is 48.3 Å². The van der Waals surface area contributed by atoms with Crippen LogP contribution >= 0.6 is 0 Å². The number of anilines is 4. The molecular weight excluding hydrogens is 530 g/mol. The van der Waals surface area contributed by atoms with E-state index < -0.39 is 41.5 Å². The fraction of sp³-hybridized carbons (Fsp3) is 0.556. The van der Waals surface area contributed by atoms with E-state index in [1.807, 2.05) is 0 Å². The Morgan fingerprint density at radius 3 is 2.48 bits per heavy atom. The molecule has 0 atom stereocenters. The highest BCUT2D eigenvalue weighted by Crippen LogP contribution is 2.39. The Labute approximate surface area is 229 Å². The van der Waals surface area contributed by atoms with Crippen LogP contribution in [0.1, 0.15) is 55.8 Å². The summed E-state index contributed by atoms with van der Waals surface area (Å²) in [5.74, 6) is -8.35. The standard InChI is InChI=1S/C27H33F4N7O2/c1-3-37-12-10-16(11-13-37)33-24(39)18-8-9-19(22(29)21(18)28)34-26-32-14-20-23(35-26)38(17-6-4-5-7-17)15-27(30,31)25(40)36(20)2/h8-9,14,16-17H,3-7,10-13,15H2,1-2H3,(H,33,39)(H,32,34,35). The fourth-order valence-electron chi connectivity index (χ4n) is 5.70. The molecule has 1 aliphatic carbocycles. The summed E-state index contributed by atoms with van der Waals surface area (Å²) >= 11 is 0. The summed E-state index contributed by atoms with van der Waals surface area (Å²) in [6.45, 7) is 3.79. The lowest BCUT2D eigenvalue weighted by atomic mass is 10.0. The quantitative estimate of drug-likeness (QED) is 0.512. The van der Waals surface area contributed by atoms with Gasteiger partial charge in [0.05, 0.1) is 24.0 Å². The summed E-state index contributed by atoms with van der Waals surface area (Å²) < 4.78 is 59.6. The number of likely N-dealkylation sites (tertiary alicyclic amines) is 1. The lowest BCUT2D eigenvalue weighted by Crippen LogP contribution is -2.48. The number of rotatable bonds is 6. The molecule has 0 spiro atoms. The number of hydrogen-bond acceptors (Lipinski definition) is 7. The molecule has 0 radical (unpaired) electrons. The fourth-order valence-corrected chi connectivity index (χ4v) is 5.70. The average molecular weight is 564 g/mol. The van der Waals surface area contributed by atoms with Gasteiger partial charge in [0.2, 0.25) is 5.95 Å². The van der Waals surface area contributed by atoms with Gasteiger partial charge in [-0.05, 0) is 44.4 Å². The first kappa shape index (κ1) is 28.1. The second-order valence-electron chi connectivity index (χ2n) is 10.6. The number of nitrogens with one attached hydrogen (secondary N) is 2. The molecule has 1 aromatic heterocycles. The minimum absolute atomic E-state index is 0.100. The number of amides is 2. The van der Waals surface area contributed by atoms with Gasteiger partial charge in [0.25, 0.3) is 11.8 Å². The molecule has 2 fully saturated rings. The van der Waals surface area contributed by atoms with Gasteiger partial charge in [-0.3, -0.25) is 9.59 Å². The van der Waals surface area contributed by atoms with Gasteiger partial charge in [0.1, 0.15) is 5.69 Å². The van der Waals surface area contributed by atoms with Crippen LogP contribution in [0.15, 0.2) is 18.3 Å². The number of fused-ring (bicyclic) bond motifs is 1. The van der Waals surface area contributed by atoms with Gasteiger partial charge in [0.15, 0.2) is 17.5 Å². The minimum Gasteiger partial charge on any atom is -0.349 e. The highest BCUT2D eigenvalue weighted by atomic mass is 19.3. The number of piperidine rings is 1. The molecule has 1 saturated heterocycles. The second-order valence-corrected chi connectivity index (χ2v) is 10.6. The molecule has 1 saturated carbocycles. The topological polar surface area (TPSA) is 93.7 Å². The lowest BCUT2D eigenvalue weighted by Gasteiger charge is -2.31. The summed E-state index contributed by atoms with van der Waals surface area (Å²) in [6.07, 6.45) is 5.73. The summed E-state index contributed by atoms with van der Waals surface area (Å²) in [5, 5.41) is 5.39. The zero-order valence-electron chi connectivity index (χ0n) is 22.5. The van der Waals surface area contributed by atoms with Crippen LogP contribution < -0.4 is 20.4 Å². The zero-order valence-corrected chi connectivity index (χ0v) is 22.5. The molecule has 2 aromatic rings. The lowest BCUT2D eigenvalue weighted by molar-refractivity contribution is -0.140. The number of carbonyl (C=O) groups excluding carboxylic acids is 2. The maximum Gasteiger partial charge on any atom is 0.342 e. The Balaban J connectivity index is 1.37. The molecule has 3 heterocycles. The summed E-state index contributed by atoms with van der Waals surface area (Å²) in [6, 6.07) is 2.02. The van der Waals surface area contributed by atoms with Crippen molar-refractivity contribution >= 4 is 35.0 Å².